The highest BCUT2D eigenvalue weighted by molar-refractivity contribution is 7.21. The van der Waals surface area contributed by atoms with Crippen molar-refractivity contribution >= 4 is 50.6 Å². The van der Waals surface area contributed by atoms with E-state index in [1.165, 1.54) is 23.5 Å². The van der Waals surface area contributed by atoms with E-state index in [2.05, 4.69) is 15.3 Å². The molecule has 0 spiro atoms. The number of anilines is 1. The molecule has 2 heterocycles. The van der Waals surface area contributed by atoms with Gasteiger partial charge in [-0.2, -0.15) is 0 Å². The zero-order chi connectivity index (χ0) is 20.5. The topological polar surface area (TPSA) is 98.0 Å². The largest absolute Gasteiger partial charge is 0.322 e. The van der Waals surface area contributed by atoms with Gasteiger partial charge in [0, 0.05) is 29.6 Å². The molecular formula is C20H13ClN4O3S. The Labute approximate surface area is 174 Å². The highest BCUT2D eigenvalue weighted by Crippen LogP contribution is 2.32. The molecule has 4 rings (SSSR count). The maximum atomic E-state index is 12.7. The number of nitro benzene ring substituents is 1. The minimum absolute atomic E-state index is 0.0164. The minimum Gasteiger partial charge on any atom is -0.322 e. The summed E-state index contributed by atoms with van der Waals surface area (Å²) in [6.07, 6.45) is 1.72. The lowest BCUT2D eigenvalue weighted by Gasteiger charge is -2.11. The van der Waals surface area contributed by atoms with Crippen LogP contribution in [0.4, 0.5) is 11.4 Å². The Hall–Kier alpha value is -3.36. The van der Waals surface area contributed by atoms with Crippen molar-refractivity contribution in [2.45, 2.75) is 6.92 Å². The second kappa shape index (κ2) is 7.57. The molecule has 29 heavy (non-hydrogen) atoms. The van der Waals surface area contributed by atoms with Crippen LogP contribution in [-0.2, 0) is 0 Å². The lowest BCUT2D eigenvalue weighted by molar-refractivity contribution is -0.384. The first-order chi connectivity index (χ1) is 13.9. The van der Waals surface area contributed by atoms with E-state index in [0.717, 1.165) is 32.5 Å². The lowest BCUT2D eigenvalue weighted by Crippen LogP contribution is -2.13. The molecule has 0 unspecified atom stereocenters. The van der Waals surface area contributed by atoms with Crippen molar-refractivity contribution in [3.63, 3.8) is 0 Å². The number of hydrogen-bond acceptors (Lipinski definition) is 6. The van der Waals surface area contributed by atoms with Gasteiger partial charge in [0.2, 0.25) is 0 Å². The highest BCUT2D eigenvalue weighted by Gasteiger charge is 2.16. The molecule has 2 aromatic carbocycles. The Kier molecular flexibility index (Phi) is 4.96. The quantitative estimate of drug-likeness (QED) is 0.345. The Balaban J connectivity index is 1.64. The summed E-state index contributed by atoms with van der Waals surface area (Å²) in [5.41, 5.74) is 3.12. The number of pyridine rings is 1. The molecule has 0 bridgehead atoms. The molecule has 0 saturated carbocycles. The number of fused-ring (bicyclic) bond motifs is 1. The van der Waals surface area contributed by atoms with E-state index in [4.69, 9.17) is 11.6 Å². The van der Waals surface area contributed by atoms with Crippen LogP contribution in [0.25, 0.3) is 20.9 Å². The van der Waals surface area contributed by atoms with Crippen molar-refractivity contribution in [1.29, 1.82) is 0 Å². The number of hydrogen-bond donors (Lipinski definition) is 1. The number of nitrogens with zero attached hydrogens (tertiary/aromatic N) is 3. The van der Waals surface area contributed by atoms with Crippen LogP contribution < -0.4 is 5.32 Å². The Morgan fingerprint density at radius 2 is 2.03 bits per heavy atom. The summed E-state index contributed by atoms with van der Waals surface area (Å²) in [5, 5.41) is 14.5. The molecule has 1 N–H and O–H groups in total. The molecule has 1 amide bonds. The van der Waals surface area contributed by atoms with Gasteiger partial charge < -0.3 is 5.32 Å². The maximum absolute atomic E-state index is 12.7. The molecule has 0 aliphatic heterocycles. The van der Waals surface area contributed by atoms with Gasteiger partial charge >= 0.3 is 0 Å². The third-order valence-electron chi connectivity index (χ3n) is 4.31. The van der Waals surface area contributed by atoms with E-state index >= 15 is 0 Å². The van der Waals surface area contributed by atoms with E-state index in [0.29, 0.717) is 5.69 Å². The fraction of sp³-hybridized carbons (Fsp3) is 0.0500. The summed E-state index contributed by atoms with van der Waals surface area (Å²) in [6.45, 7) is 1.87. The van der Waals surface area contributed by atoms with Gasteiger partial charge in [-0.3, -0.25) is 14.9 Å². The smallest absolute Gasteiger partial charge is 0.270 e. The number of carbonyl (C=O) groups excluding carboxylic acids is 1. The van der Waals surface area contributed by atoms with Gasteiger partial charge in [0.15, 0.2) is 0 Å². The molecule has 7 nitrogen and oxygen atoms in total. The third kappa shape index (κ3) is 3.80. The number of benzene rings is 2. The minimum atomic E-state index is -0.561. The average molecular weight is 425 g/mol. The van der Waals surface area contributed by atoms with Crippen LogP contribution in [0.5, 0.6) is 0 Å². The van der Waals surface area contributed by atoms with Gasteiger partial charge in [-0.25, -0.2) is 9.97 Å². The van der Waals surface area contributed by atoms with Crippen LogP contribution in [-0.4, -0.2) is 20.8 Å². The first-order valence-corrected chi connectivity index (χ1v) is 9.69. The molecule has 0 radical (unpaired) electrons. The van der Waals surface area contributed by atoms with E-state index in [1.54, 1.807) is 6.20 Å². The second-order valence-corrected chi connectivity index (χ2v) is 7.64. The first-order valence-electron chi connectivity index (χ1n) is 8.50. The molecule has 0 aliphatic carbocycles. The first kappa shape index (κ1) is 19.0. The number of aryl methyl sites for hydroxylation is 1. The van der Waals surface area contributed by atoms with Crippen molar-refractivity contribution in [1.82, 2.24) is 9.97 Å². The van der Waals surface area contributed by atoms with E-state index in [1.807, 2.05) is 37.3 Å². The third-order valence-corrected chi connectivity index (χ3v) is 5.65. The fourth-order valence-corrected chi connectivity index (χ4v) is 3.94. The summed E-state index contributed by atoms with van der Waals surface area (Å²) in [6, 6.07) is 13.1. The van der Waals surface area contributed by atoms with Gasteiger partial charge in [0.1, 0.15) is 15.4 Å². The van der Waals surface area contributed by atoms with Crippen LogP contribution in [0, 0.1) is 17.0 Å². The van der Waals surface area contributed by atoms with Gasteiger partial charge in [-0.05, 0) is 36.8 Å². The highest BCUT2D eigenvalue weighted by atomic mass is 35.5. The lowest BCUT2D eigenvalue weighted by atomic mass is 10.1. The number of non-ortho nitro benzene ring substituents is 1. The van der Waals surface area contributed by atoms with Crippen LogP contribution >= 0.6 is 22.9 Å². The standard InChI is InChI=1S/C20H13ClN4O3S/c1-11-4-5-12(19-24-16-3-2-8-22-20(16)29-19)9-17(11)23-18(26)14-7-6-13(25(27)28)10-15(14)21/h2-10H,1H3,(H,23,26). The van der Waals surface area contributed by atoms with Crippen LogP contribution in [0.15, 0.2) is 54.7 Å². The Morgan fingerprint density at radius 3 is 2.76 bits per heavy atom. The maximum Gasteiger partial charge on any atom is 0.270 e. The van der Waals surface area contributed by atoms with Crippen LogP contribution in [0.1, 0.15) is 15.9 Å². The summed E-state index contributed by atoms with van der Waals surface area (Å²) in [4.78, 5) is 32.7. The molecule has 9 heteroatoms. The summed E-state index contributed by atoms with van der Waals surface area (Å²) in [7, 11) is 0. The van der Waals surface area contributed by atoms with Crippen molar-refractivity contribution in [3.05, 3.63) is 81.0 Å². The number of halogens is 1. The predicted molar refractivity (Wildman–Crippen MR) is 114 cm³/mol. The molecular weight excluding hydrogens is 412 g/mol. The van der Waals surface area contributed by atoms with E-state index < -0.39 is 10.8 Å². The molecule has 2 aromatic heterocycles. The van der Waals surface area contributed by atoms with Gasteiger partial charge in [0.05, 0.1) is 15.5 Å². The number of amides is 1. The van der Waals surface area contributed by atoms with Crippen molar-refractivity contribution in [2.24, 2.45) is 0 Å². The van der Waals surface area contributed by atoms with Crippen LogP contribution in [0.3, 0.4) is 0 Å². The number of thiazole rings is 1. The average Bonchev–Trinajstić information content (AvgIpc) is 3.13. The molecule has 0 fully saturated rings. The van der Waals surface area contributed by atoms with E-state index in [9.17, 15) is 14.9 Å². The molecule has 0 saturated heterocycles. The van der Waals surface area contributed by atoms with Crippen molar-refractivity contribution < 1.29 is 9.72 Å². The molecule has 4 aromatic rings. The number of rotatable bonds is 4. The fourth-order valence-electron chi connectivity index (χ4n) is 2.77. The Bertz CT molecular complexity index is 1240. The molecule has 144 valence electrons. The summed E-state index contributed by atoms with van der Waals surface area (Å²) in [5.74, 6) is -0.448. The summed E-state index contributed by atoms with van der Waals surface area (Å²) < 4.78 is 0. The predicted octanol–water partition coefficient (Wildman–Crippen LogP) is 5.48. The van der Waals surface area contributed by atoms with Gasteiger partial charge in [-0.15, -0.1) is 0 Å². The van der Waals surface area contributed by atoms with Gasteiger partial charge in [-0.1, -0.05) is 35.1 Å². The van der Waals surface area contributed by atoms with Crippen molar-refractivity contribution in [3.8, 4) is 10.6 Å². The zero-order valence-electron chi connectivity index (χ0n) is 15.0. The monoisotopic (exact) mass is 424 g/mol. The van der Waals surface area contributed by atoms with Crippen molar-refractivity contribution in [2.75, 3.05) is 5.32 Å². The number of nitrogens with one attached hydrogen (secondary N) is 1. The normalized spacial score (nSPS) is 10.8. The Morgan fingerprint density at radius 1 is 1.21 bits per heavy atom. The van der Waals surface area contributed by atoms with Crippen LogP contribution in [0.2, 0.25) is 5.02 Å². The van der Waals surface area contributed by atoms with Gasteiger partial charge in [0.25, 0.3) is 11.6 Å². The zero-order valence-corrected chi connectivity index (χ0v) is 16.6. The number of nitro groups is 1. The number of aromatic nitrogens is 2. The SMILES string of the molecule is Cc1ccc(-c2nc3cccnc3s2)cc1NC(=O)c1ccc([N+](=O)[O-])cc1Cl. The molecule has 0 atom stereocenters. The number of carbonyl (C=O) groups is 1. The molecule has 0 aliphatic rings. The second-order valence-electron chi connectivity index (χ2n) is 6.25. The van der Waals surface area contributed by atoms with E-state index in [-0.39, 0.29) is 16.3 Å². The summed E-state index contributed by atoms with van der Waals surface area (Å²) >= 11 is 7.53.